The second kappa shape index (κ2) is 3.36. The molecule has 3 rings (SSSR count). The SMILES string of the molecule is CC1OC(=O)C2C=C3CCCCC3CC12. The first-order valence-corrected chi connectivity index (χ1v) is 6.17. The largest absolute Gasteiger partial charge is 0.462 e. The van der Waals surface area contributed by atoms with Gasteiger partial charge in [-0.2, -0.15) is 0 Å². The lowest BCUT2D eigenvalue weighted by Gasteiger charge is -2.34. The number of rotatable bonds is 0. The van der Waals surface area contributed by atoms with Crippen molar-refractivity contribution in [2.45, 2.75) is 45.1 Å². The first-order chi connectivity index (χ1) is 7.25. The maximum absolute atomic E-state index is 11.6. The van der Waals surface area contributed by atoms with Crippen molar-refractivity contribution in [3.8, 4) is 0 Å². The zero-order valence-electron chi connectivity index (χ0n) is 9.24. The van der Waals surface area contributed by atoms with Crippen molar-refractivity contribution >= 4 is 5.97 Å². The third kappa shape index (κ3) is 1.42. The Labute approximate surface area is 90.7 Å². The molecule has 0 aromatic heterocycles. The lowest BCUT2D eigenvalue weighted by molar-refractivity contribution is -0.142. The van der Waals surface area contributed by atoms with Gasteiger partial charge in [-0.1, -0.05) is 18.1 Å². The molecule has 0 N–H and O–H groups in total. The maximum Gasteiger partial charge on any atom is 0.313 e. The minimum absolute atomic E-state index is 0.0176. The molecule has 0 spiro atoms. The van der Waals surface area contributed by atoms with Crippen LogP contribution >= 0.6 is 0 Å². The van der Waals surface area contributed by atoms with Crippen molar-refractivity contribution in [2.24, 2.45) is 17.8 Å². The molecular weight excluding hydrogens is 188 g/mol. The lowest BCUT2D eigenvalue weighted by atomic mass is 9.69. The zero-order chi connectivity index (χ0) is 10.4. The van der Waals surface area contributed by atoms with E-state index < -0.39 is 0 Å². The molecule has 1 heterocycles. The number of hydrogen-bond donors (Lipinski definition) is 0. The summed E-state index contributed by atoms with van der Waals surface area (Å²) in [5.74, 6) is 1.33. The van der Waals surface area contributed by atoms with Crippen LogP contribution in [0.4, 0.5) is 0 Å². The van der Waals surface area contributed by atoms with Gasteiger partial charge in [0.2, 0.25) is 0 Å². The van der Waals surface area contributed by atoms with E-state index in [9.17, 15) is 4.79 Å². The molecule has 1 saturated carbocycles. The summed E-state index contributed by atoms with van der Waals surface area (Å²) in [6.07, 6.45) is 8.79. The van der Waals surface area contributed by atoms with Gasteiger partial charge in [0, 0.05) is 5.92 Å². The Morgan fingerprint density at radius 2 is 2.27 bits per heavy atom. The standard InChI is InChI=1S/C13H18O2/c1-8-11-6-9-4-2-3-5-10(9)7-12(11)13(14)15-8/h7-9,11-12H,2-6H2,1H3. The molecule has 2 nitrogen and oxygen atoms in total. The molecule has 0 radical (unpaired) electrons. The highest BCUT2D eigenvalue weighted by atomic mass is 16.6. The van der Waals surface area contributed by atoms with Gasteiger partial charge in [0.25, 0.3) is 0 Å². The summed E-state index contributed by atoms with van der Waals surface area (Å²) < 4.78 is 5.33. The Kier molecular flexibility index (Phi) is 2.11. The topological polar surface area (TPSA) is 26.3 Å². The first kappa shape index (κ1) is 9.44. The monoisotopic (exact) mass is 206 g/mol. The van der Waals surface area contributed by atoms with Crippen molar-refractivity contribution < 1.29 is 9.53 Å². The quantitative estimate of drug-likeness (QED) is 0.450. The summed E-state index contributed by atoms with van der Waals surface area (Å²) in [4.78, 5) is 11.6. The van der Waals surface area contributed by atoms with Crippen LogP contribution in [0, 0.1) is 17.8 Å². The highest BCUT2D eigenvalue weighted by Crippen LogP contribution is 2.45. The van der Waals surface area contributed by atoms with E-state index in [0.29, 0.717) is 5.92 Å². The molecule has 4 unspecified atom stereocenters. The molecule has 2 fully saturated rings. The van der Waals surface area contributed by atoms with Crippen LogP contribution in [0.3, 0.4) is 0 Å². The minimum atomic E-state index is 0.0176. The number of allylic oxidation sites excluding steroid dienone is 1. The van der Waals surface area contributed by atoms with Crippen molar-refractivity contribution in [3.63, 3.8) is 0 Å². The molecule has 3 aliphatic rings. The molecule has 2 heteroatoms. The highest BCUT2D eigenvalue weighted by Gasteiger charge is 2.45. The third-order valence-electron chi connectivity index (χ3n) is 4.38. The van der Waals surface area contributed by atoms with Gasteiger partial charge in [0.05, 0.1) is 5.92 Å². The average molecular weight is 206 g/mol. The fourth-order valence-electron chi connectivity index (χ4n) is 3.50. The van der Waals surface area contributed by atoms with Gasteiger partial charge in [-0.15, -0.1) is 0 Å². The van der Waals surface area contributed by atoms with Gasteiger partial charge >= 0.3 is 5.97 Å². The summed E-state index contributed by atoms with van der Waals surface area (Å²) in [6, 6.07) is 0. The van der Waals surface area contributed by atoms with E-state index in [4.69, 9.17) is 4.74 Å². The number of ether oxygens (including phenoxy) is 1. The molecule has 0 bridgehead atoms. The van der Waals surface area contributed by atoms with E-state index in [-0.39, 0.29) is 18.0 Å². The highest BCUT2D eigenvalue weighted by molar-refractivity contribution is 5.77. The molecule has 15 heavy (non-hydrogen) atoms. The number of esters is 1. The third-order valence-corrected chi connectivity index (χ3v) is 4.38. The van der Waals surface area contributed by atoms with Crippen LogP contribution in [-0.4, -0.2) is 12.1 Å². The smallest absolute Gasteiger partial charge is 0.313 e. The minimum Gasteiger partial charge on any atom is -0.462 e. The van der Waals surface area contributed by atoms with E-state index in [1.807, 2.05) is 6.92 Å². The maximum atomic E-state index is 11.6. The molecule has 1 saturated heterocycles. The van der Waals surface area contributed by atoms with Gasteiger partial charge in [-0.05, 0) is 38.5 Å². The fraction of sp³-hybridized carbons (Fsp3) is 0.769. The van der Waals surface area contributed by atoms with Gasteiger partial charge < -0.3 is 4.74 Å². The van der Waals surface area contributed by atoms with Gasteiger partial charge in [-0.3, -0.25) is 4.79 Å². The van der Waals surface area contributed by atoms with E-state index in [0.717, 1.165) is 5.92 Å². The van der Waals surface area contributed by atoms with Crippen LogP contribution in [0.25, 0.3) is 0 Å². The molecular formula is C13H18O2. The Bertz CT molecular complexity index is 318. The number of hydrogen-bond acceptors (Lipinski definition) is 2. The molecule has 0 aromatic rings. The molecule has 1 aliphatic heterocycles. The van der Waals surface area contributed by atoms with E-state index in [1.54, 1.807) is 5.57 Å². The van der Waals surface area contributed by atoms with Crippen LogP contribution in [0.1, 0.15) is 39.0 Å². The second-order valence-corrected chi connectivity index (χ2v) is 5.25. The molecule has 2 aliphatic carbocycles. The summed E-state index contributed by atoms with van der Waals surface area (Å²) in [7, 11) is 0. The Hall–Kier alpha value is -0.790. The van der Waals surface area contributed by atoms with Crippen molar-refractivity contribution in [1.82, 2.24) is 0 Å². The van der Waals surface area contributed by atoms with Crippen LogP contribution in [-0.2, 0) is 9.53 Å². The van der Waals surface area contributed by atoms with E-state index >= 15 is 0 Å². The van der Waals surface area contributed by atoms with E-state index in [2.05, 4.69) is 6.08 Å². The first-order valence-electron chi connectivity index (χ1n) is 6.17. The summed E-state index contributed by atoms with van der Waals surface area (Å²) in [5, 5.41) is 0. The van der Waals surface area contributed by atoms with Crippen molar-refractivity contribution in [2.75, 3.05) is 0 Å². The van der Waals surface area contributed by atoms with Gasteiger partial charge in [0.15, 0.2) is 0 Å². The lowest BCUT2D eigenvalue weighted by Crippen LogP contribution is -2.28. The molecule has 0 amide bonds. The van der Waals surface area contributed by atoms with E-state index in [1.165, 1.54) is 32.1 Å². The summed E-state index contributed by atoms with van der Waals surface area (Å²) >= 11 is 0. The number of cyclic esters (lactones) is 1. The van der Waals surface area contributed by atoms with Crippen LogP contribution < -0.4 is 0 Å². The Morgan fingerprint density at radius 1 is 1.40 bits per heavy atom. The predicted molar refractivity (Wildman–Crippen MR) is 57.2 cm³/mol. The van der Waals surface area contributed by atoms with Gasteiger partial charge in [-0.25, -0.2) is 0 Å². The van der Waals surface area contributed by atoms with Crippen LogP contribution in [0.2, 0.25) is 0 Å². The average Bonchev–Trinajstić information content (AvgIpc) is 2.52. The van der Waals surface area contributed by atoms with Crippen LogP contribution in [0.15, 0.2) is 11.6 Å². The summed E-state index contributed by atoms with van der Waals surface area (Å²) in [6.45, 7) is 2.05. The molecule has 82 valence electrons. The number of fused-ring (bicyclic) bond motifs is 2. The Morgan fingerprint density at radius 3 is 3.13 bits per heavy atom. The number of carbonyl (C=O) groups is 1. The van der Waals surface area contributed by atoms with Crippen LogP contribution in [0.5, 0.6) is 0 Å². The fourth-order valence-corrected chi connectivity index (χ4v) is 3.50. The Balaban J connectivity index is 1.90. The molecule has 0 aromatic carbocycles. The van der Waals surface area contributed by atoms with Crippen molar-refractivity contribution in [1.29, 1.82) is 0 Å². The summed E-state index contributed by atoms with van der Waals surface area (Å²) in [5.41, 5.74) is 1.55. The number of carbonyl (C=O) groups excluding carboxylic acids is 1. The molecule has 4 atom stereocenters. The van der Waals surface area contributed by atoms with Gasteiger partial charge in [0.1, 0.15) is 6.10 Å². The predicted octanol–water partition coefficient (Wildman–Crippen LogP) is 2.68. The second-order valence-electron chi connectivity index (χ2n) is 5.25. The normalized spacial score (nSPS) is 44.1. The van der Waals surface area contributed by atoms with Crippen molar-refractivity contribution in [3.05, 3.63) is 11.6 Å². The zero-order valence-corrected chi connectivity index (χ0v) is 9.24.